The highest BCUT2D eigenvalue weighted by Crippen LogP contribution is 2.13. The monoisotopic (exact) mass is 204 g/mol. The van der Waals surface area contributed by atoms with E-state index in [0.29, 0.717) is 5.56 Å². The molecule has 1 aromatic carbocycles. The predicted octanol–water partition coefficient (Wildman–Crippen LogP) is 2.32. The Kier molecular flexibility index (Phi) is 4.52. The highest BCUT2D eigenvalue weighted by Gasteiger charge is 2.03. The van der Waals surface area contributed by atoms with Gasteiger partial charge in [-0.05, 0) is 31.6 Å². The second kappa shape index (κ2) is 5.94. The van der Waals surface area contributed by atoms with Gasteiger partial charge in [-0.3, -0.25) is 0 Å². The molecule has 0 amide bonds. The van der Waals surface area contributed by atoms with E-state index in [1.54, 1.807) is 18.2 Å². The number of hydrogen-bond acceptors (Lipinski definition) is 2. The fraction of sp³-hybridized carbons (Fsp3) is 0.250. The van der Waals surface area contributed by atoms with Crippen molar-refractivity contribution in [2.24, 2.45) is 0 Å². The van der Waals surface area contributed by atoms with Gasteiger partial charge < -0.3 is 5.32 Å². The molecule has 0 aliphatic carbocycles. The highest BCUT2D eigenvalue weighted by atomic mass is 19.1. The molecule has 0 bridgehead atoms. The molecule has 1 N–H and O–H groups in total. The summed E-state index contributed by atoms with van der Waals surface area (Å²) >= 11 is 0. The minimum absolute atomic E-state index is 0.109. The maximum absolute atomic E-state index is 13.2. The van der Waals surface area contributed by atoms with Crippen molar-refractivity contribution in [3.8, 4) is 6.07 Å². The van der Waals surface area contributed by atoms with Crippen LogP contribution in [0.2, 0.25) is 0 Å². The van der Waals surface area contributed by atoms with Crippen molar-refractivity contribution >= 4 is 6.08 Å². The molecule has 0 fully saturated rings. The first-order chi connectivity index (χ1) is 7.29. The van der Waals surface area contributed by atoms with Gasteiger partial charge in [0.25, 0.3) is 0 Å². The van der Waals surface area contributed by atoms with Crippen LogP contribution in [0.3, 0.4) is 0 Å². The summed E-state index contributed by atoms with van der Waals surface area (Å²) in [6, 6.07) is 6.50. The van der Waals surface area contributed by atoms with Gasteiger partial charge in [-0.25, -0.2) is 4.39 Å². The molecule has 15 heavy (non-hydrogen) atoms. The summed E-state index contributed by atoms with van der Waals surface area (Å²) in [5.41, 5.74) is 0.742. The fourth-order valence-corrected chi connectivity index (χ4v) is 1.24. The largest absolute Gasteiger partial charge is 0.319 e. The van der Waals surface area contributed by atoms with Crippen molar-refractivity contribution in [2.75, 3.05) is 13.6 Å². The van der Waals surface area contributed by atoms with Gasteiger partial charge >= 0.3 is 0 Å². The number of rotatable bonds is 4. The van der Waals surface area contributed by atoms with Crippen LogP contribution in [0, 0.1) is 17.1 Å². The molecular weight excluding hydrogens is 191 g/mol. The van der Waals surface area contributed by atoms with Gasteiger partial charge in [0.15, 0.2) is 0 Å². The van der Waals surface area contributed by atoms with Gasteiger partial charge in [-0.1, -0.05) is 24.3 Å². The first-order valence-electron chi connectivity index (χ1n) is 4.79. The van der Waals surface area contributed by atoms with E-state index in [1.807, 2.05) is 19.2 Å². The molecule has 0 saturated heterocycles. The Morgan fingerprint density at radius 3 is 3.00 bits per heavy atom. The molecule has 0 aromatic heterocycles. The second-order valence-corrected chi connectivity index (χ2v) is 3.11. The molecule has 0 radical (unpaired) electrons. The number of benzene rings is 1. The van der Waals surface area contributed by atoms with Gasteiger partial charge in [-0.15, -0.1) is 0 Å². The van der Waals surface area contributed by atoms with Crippen LogP contribution in [0.15, 0.2) is 24.3 Å². The topological polar surface area (TPSA) is 35.8 Å². The average molecular weight is 204 g/mol. The molecule has 0 aliphatic rings. The van der Waals surface area contributed by atoms with E-state index in [9.17, 15) is 4.39 Å². The van der Waals surface area contributed by atoms with Crippen molar-refractivity contribution in [3.63, 3.8) is 0 Å². The van der Waals surface area contributed by atoms with E-state index < -0.39 is 5.82 Å². The van der Waals surface area contributed by atoms with Crippen LogP contribution in [0.1, 0.15) is 17.5 Å². The summed E-state index contributed by atoms with van der Waals surface area (Å²) in [6.07, 6.45) is 4.56. The summed E-state index contributed by atoms with van der Waals surface area (Å²) in [4.78, 5) is 0. The first kappa shape index (κ1) is 11.4. The molecule has 0 heterocycles. The van der Waals surface area contributed by atoms with Crippen molar-refractivity contribution in [1.29, 1.82) is 5.26 Å². The molecule has 0 saturated carbocycles. The van der Waals surface area contributed by atoms with E-state index in [1.165, 1.54) is 6.07 Å². The lowest BCUT2D eigenvalue weighted by molar-refractivity contribution is 0.623. The van der Waals surface area contributed by atoms with E-state index in [4.69, 9.17) is 5.26 Å². The molecule has 0 unspecified atom stereocenters. The summed E-state index contributed by atoms with van der Waals surface area (Å²) in [5, 5.41) is 11.8. The van der Waals surface area contributed by atoms with Crippen LogP contribution in [0.5, 0.6) is 0 Å². The van der Waals surface area contributed by atoms with Crippen LogP contribution in [0.4, 0.5) is 4.39 Å². The Bertz CT molecular complexity index is 391. The van der Waals surface area contributed by atoms with Crippen molar-refractivity contribution in [1.82, 2.24) is 5.32 Å². The maximum Gasteiger partial charge on any atom is 0.141 e. The summed E-state index contributed by atoms with van der Waals surface area (Å²) in [6.45, 7) is 0.869. The molecule has 1 rings (SSSR count). The Morgan fingerprint density at radius 2 is 2.33 bits per heavy atom. The lowest BCUT2D eigenvalue weighted by Crippen LogP contribution is -2.05. The quantitative estimate of drug-likeness (QED) is 0.764. The lowest BCUT2D eigenvalue weighted by atomic mass is 10.1. The zero-order valence-corrected chi connectivity index (χ0v) is 8.63. The summed E-state index contributed by atoms with van der Waals surface area (Å²) < 4.78 is 13.2. The molecule has 0 aliphatic heterocycles. The van der Waals surface area contributed by atoms with Crippen LogP contribution in [-0.2, 0) is 0 Å². The second-order valence-electron chi connectivity index (χ2n) is 3.11. The Hall–Kier alpha value is -1.66. The van der Waals surface area contributed by atoms with Crippen molar-refractivity contribution in [3.05, 3.63) is 41.2 Å². The Balaban J connectivity index is 2.81. The zero-order valence-electron chi connectivity index (χ0n) is 8.63. The molecule has 2 nitrogen and oxygen atoms in total. The average Bonchev–Trinajstić information content (AvgIpc) is 2.24. The Labute approximate surface area is 89.0 Å². The number of nitriles is 1. The van der Waals surface area contributed by atoms with Crippen molar-refractivity contribution in [2.45, 2.75) is 6.42 Å². The normalized spacial score (nSPS) is 10.5. The third kappa shape index (κ3) is 3.19. The van der Waals surface area contributed by atoms with E-state index in [-0.39, 0.29) is 5.56 Å². The maximum atomic E-state index is 13.2. The minimum Gasteiger partial charge on any atom is -0.319 e. The fourth-order valence-electron chi connectivity index (χ4n) is 1.24. The predicted molar refractivity (Wildman–Crippen MR) is 58.7 cm³/mol. The lowest BCUT2D eigenvalue weighted by Gasteiger charge is -1.98. The number of nitrogens with one attached hydrogen (secondary N) is 1. The van der Waals surface area contributed by atoms with E-state index in [0.717, 1.165) is 13.0 Å². The summed E-state index contributed by atoms with van der Waals surface area (Å²) in [7, 11) is 1.87. The van der Waals surface area contributed by atoms with Gasteiger partial charge in [0.05, 0.1) is 5.56 Å². The minimum atomic E-state index is -0.465. The SMILES string of the molecule is CNCCC=Cc1cccc(F)c1C#N. The number of nitrogens with zero attached hydrogens (tertiary/aromatic N) is 1. The summed E-state index contributed by atoms with van der Waals surface area (Å²) in [5.74, 6) is -0.465. The van der Waals surface area contributed by atoms with Gasteiger partial charge in [0.1, 0.15) is 11.9 Å². The standard InChI is InChI=1S/C12H13FN2/c1-15-8-3-2-5-10-6-4-7-12(13)11(10)9-14/h2,4-7,15H,3,8H2,1H3. The van der Waals surface area contributed by atoms with Gasteiger partial charge in [0.2, 0.25) is 0 Å². The number of hydrogen-bond donors (Lipinski definition) is 1. The zero-order chi connectivity index (χ0) is 11.1. The van der Waals surface area contributed by atoms with Crippen LogP contribution >= 0.6 is 0 Å². The first-order valence-corrected chi connectivity index (χ1v) is 4.79. The van der Waals surface area contributed by atoms with Gasteiger partial charge in [0, 0.05) is 0 Å². The molecule has 0 atom stereocenters. The van der Waals surface area contributed by atoms with Crippen LogP contribution in [0.25, 0.3) is 6.08 Å². The highest BCUT2D eigenvalue weighted by molar-refractivity contribution is 5.58. The number of halogens is 1. The molecular formula is C12H13FN2. The molecule has 1 aromatic rings. The van der Waals surface area contributed by atoms with Crippen LogP contribution in [-0.4, -0.2) is 13.6 Å². The third-order valence-electron chi connectivity index (χ3n) is 2.02. The molecule has 0 spiro atoms. The third-order valence-corrected chi connectivity index (χ3v) is 2.02. The van der Waals surface area contributed by atoms with E-state index >= 15 is 0 Å². The van der Waals surface area contributed by atoms with E-state index in [2.05, 4.69) is 5.32 Å². The molecule has 3 heteroatoms. The van der Waals surface area contributed by atoms with Crippen LogP contribution < -0.4 is 5.32 Å². The molecule has 78 valence electrons. The van der Waals surface area contributed by atoms with Gasteiger partial charge in [-0.2, -0.15) is 5.26 Å². The Morgan fingerprint density at radius 1 is 1.53 bits per heavy atom. The van der Waals surface area contributed by atoms with Crippen molar-refractivity contribution < 1.29 is 4.39 Å². The smallest absolute Gasteiger partial charge is 0.141 e.